The molecule has 0 fully saturated rings. The summed E-state index contributed by atoms with van der Waals surface area (Å²) >= 11 is 0. The van der Waals surface area contributed by atoms with Crippen molar-refractivity contribution in [2.24, 2.45) is 0 Å². The molecule has 0 saturated heterocycles. The Balaban J connectivity index is 0. The number of nitrogens with zero attached hydrogens (tertiary/aromatic N) is 2. The van der Waals surface area contributed by atoms with Gasteiger partial charge in [0, 0.05) is 32.7 Å². The summed E-state index contributed by atoms with van der Waals surface area (Å²) in [5.74, 6) is -5.82. The molecule has 0 aliphatic heterocycles. The number of aliphatic carboxylic acids is 4. The van der Waals surface area contributed by atoms with Gasteiger partial charge in [0.1, 0.15) is 0 Å². The molecule has 0 aromatic heterocycles. The van der Waals surface area contributed by atoms with Crippen molar-refractivity contribution < 1.29 is 39.6 Å². The van der Waals surface area contributed by atoms with Crippen LogP contribution >= 0.6 is 0 Å². The molecule has 0 heterocycles. The average Bonchev–Trinajstić information content (AvgIpc) is 2.22. The molecule has 0 amide bonds. The van der Waals surface area contributed by atoms with E-state index in [9.17, 15) is 34.5 Å². The van der Waals surface area contributed by atoms with E-state index in [1.54, 1.807) is 0 Å². The van der Waals surface area contributed by atoms with E-state index in [0.717, 1.165) is 9.80 Å². The second-order valence-corrected chi connectivity index (χ2v) is 3.93. The van der Waals surface area contributed by atoms with E-state index in [-0.39, 0.29) is 30.5 Å². The molecular formula is C10H13AlN2O8. The van der Waals surface area contributed by atoms with Gasteiger partial charge in [-0.1, -0.05) is 0 Å². The first-order chi connectivity index (χ1) is 9.20. The van der Waals surface area contributed by atoms with Crippen LogP contribution in [0.4, 0.5) is 0 Å². The predicted octanol–water partition coefficient (Wildman–Crippen LogP) is -6.46. The molecule has 0 aliphatic carbocycles. The first-order valence-electron chi connectivity index (χ1n) is 5.46. The van der Waals surface area contributed by atoms with E-state index in [2.05, 4.69) is 0 Å². The van der Waals surface area contributed by atoms with E-state index in [0.29, 0.717) is 0 Å². The summed E-state index contributed by atoms with van der Waals surface area (Å²) < 4.78 is 0. The molecule has 0 aromatic rings. The number of carboxylic acid groups (broad SMARTS) is 4. The molecule has 0 aliphatic rings. The van der Waals surface area contributed by atoms with E-state index < -0.39 is 50.1 Å². The van der Waals surface area contributed by atoms with Gasteiger partial charge in [0.15, 0.2) is 0 Å². The molecule has 0 aromatic carbocycles. The van der Waals surface area contributed by atoms with Gasteiger partial charge in [-0.25, -0.2) is 0 Å². The van der Waals surface area contributed by atoms with Crippen LogP contribution < -0.4 is 15.3 Å². The smallest absolute Gasteiger partial charge is 0.549 e. The van der Waals surface area contributed by atoms with Gasteiger partial charge >= 0.3 is 23.3 Å². The first kappa shape index (κ1) is 21.6. The Bertz CT molecular complexity index is 321. The molecule has 21 heavy (non-hydrogen) atoms. The van der Waals surface area contributed by atoms with Gasteiger partial charge in [0.25, 0.3) is 0 Å². The monoisotopic (exact) mass is 316 g/mol. The second-order valence-electron chi connectivity index (χ2n) is 3.93. The van der Waals surface area contributed by atoms with Crippen LogP contribution in [-0.4, -0.2) is 95.4 Å². The maximum Gasteiger partial charge on any atom is 3.00 e. The fourth-order valence-corrected chi connectivity index (χ4v) is 1.45. The van der Waals surface area contributed by atoms with Crippen LogP contribution in [0.3, 0.4) is 0 Å². The fraction of sp³-hybridized carbons (Fsp3) is 0.600. The van der Waals surface area contributed by atoms with Crippen molar-refractivity contribution >= 4 is 41.2 Å². The minimum atomic E-state index is -1.52. The number of hydrogen-bond acceptors (Lipinski definition) is 9. The Kier molecular flexibility index (Phi) is 11.4. The summed E-state index contributed by atoms with van der Waals surface area (Å²) in [6, 6.07) is 0. The number of carbonyl (C=O) groups is 4. The van der Waals surface area contributed by atoms with Gasteiger partial charge in [0.2, 0.25) is 0 Å². The summed E-state index contributed by atoms with van der Waals surface area (Å²) in [6.07, 6.45) is 0. The van der Waals surface area contributed by atoms with Crippen molar-refractivity contribution in [1.82, 2.24) is 9.80 Å². The third-order valence-electron chi connectivity index (χ3n) is 2.15. The predicted molar refractivity (Wildman–Crippen MR) is 61.3 cm³/mol. The van der Waals surface area contributed by atoms with Crippen LogP contribution in [0.1, 0.15) is 0 Å². The van der Waals surface area contributed by atoms with Crippen LogP contribution in [0.2, 0.25) is 0 Å². The number of hydrogen-bond donors (Lipinski definition) is 1. The minimum Gasteiger partial charge on any atom is -0.549 e. The average molecular weight is 316 g/mol. The zero-order valence-corrected chi connectivity index (χ0v) is 12.2. The Morgan fingerprint density at radius 3 is 1.24 bits per heavy atom. The van der Waals surface area contributed by atoms with Gasteiger partial charge in [-0.2, -0.15) is 0 Å². The van der Waals surface area contributed by atoms with E-state index in [1.165, 1.54) is 0 Å². The van der Waals surface area contributed by atoms with Crippen molar-refractivity contribution in [2.75, 3.05) is 39.3 Å². The molecule has 0 atom stereocenters. The van der Waals surface area contributed by atoms with Crippen molar-refractivity contribution in [2.45, 2.75) is 0 Å². The summed E-state index contributed by atoms with van der Waals surface area (Å²) in [6.45, 7) is -3.00. The van der Waals surface area contributed by atoms with Crippen molar-refractivity contribution in [1.29, 1.82) is 0 Å². The van der Waals surface area contributed by atoms with Gasteiger partial charge in [-0.15, -0.1) is 0 Å². The van der Waals surface area contributed by atoms with Crippen molar-refractivity contribution in [3.63, 3.8) is 0 Å². The maximum absolute atomic E-state index is 10.5. The maximum atomic E-state index is 10.5. The van der Waals surface area contributed by atoms with E-state index in [4.69, 9.17) is 5.11 Å². The zero-order valence-electron chi connectivity index (χ0n) is 11.0. The topological polar surface area (TPSA) is 164 Å². The third-order valence-corrected chi connectivity index (χ3v) is 2.15. The zero-order chi connectivity index (χ0) is 15.7. The summed E-state index contributed by atoms with van der Waals surface area (Å²) in [5.41, 5.74) is 0. The molecule has 0 spiro atoms. The van der Waals surface area contributed by atoms with Gasteiger partial charge in [-0.3, -0.25) is 14.6 Å². The fourth-order valence-electron chi connectivity index (χ4n) is 1.45. The van der Waals surface area contributed by atoms with E-state index in [1.807, 2.05) is 0 Å². The molecule has 114 valence electrons. The third kappa shape index (κ3) is 13.1. The molecule has 10 nitrogen and oxygen atoms in total. The van der Waals surface area contributed by atoms with Crippen LogP contribution in [-0.2, 0) is 19.2 Å². The Labute approximate surface area is 130 Å². The Morgan fingerprint density at radius 2 is 1.00 bits per heavy atom. The number of carboxylic acids is 4. The molecular weight excluding hydrogens is 303 g/mol. The van der Waals surface area contributed by atoms with Crippen LogP contribution in [0.25, 0.3) is 0 Å². The molecule has 0 unspecified atom stereocenters. The van der Waals surface area contributed by atoms with Crippen molar-refractivity contribution in [3.05, 3.63) is 0 Å². The molecule has 11 heteroatoms. The summed E-state index contributed by atoms with van der Waals surface area (Å²) in [7, 11) is 0. The minimum absolute atomic E-state index is 0. The molecule has 0 rings (SSSR count). The number of rotatable bonds is 11. The van der Waals surface area contributed by atoms with Gasteiger partial charge in [0.05, 0.1) is 24.5 Å². The molecule has 0 radical (unpaired) electrons. The second kappa shape index (κ2) is 11.0. The normalized spacial score (nSPS) is 10.2. The summed E-state index contributed by atoms with van der Waals surface area (Å²) in [5, 5.41) is 39.8. The van der Waals surface area contributed by atoms with Crippen LogP contribution in [0.5, 0.6) is 0 Å². The van der Waals surface area contributed by atoms with Gasteiger partial charge in [-0.05, 0) is 0 Å². The summed E-state index contributed by atoms with van der Waals surface area (Å²) in [4.78, 5) is 43.7. The largest absolute Gasteiger partial charge is 3.00 e. The van der Waals surface area contributed by atoms with Gasteiger partial charge < -0.3 is 34.8 Å². The van der Waals surface area contributed by atoms with Crippen LogP contribution in [0.15, 0.2) is 0 Å². The van der Waals surface area contributed by atoms with Crippen molar-refractivity contribution in [3.8, 4) is 0 Å². The van der Waals surface area contributed by atoms with E-state index >= 15 is 0 Å². The standard InChI is InChI=1S/C10H16N2O8.Al/c13-7(14)3-11(4-8(15)16)1-2-12(5-9(17)18)6-10(19)20;/h1-6H2,(H,13,14)(H,15,16)(H,17,18)(H,19,20);/q;+3/p-3. The Hall–Kier alpha value is -1.67. The molecule has 1 N–H and O–H groups in total. The molecule has 0 bridgehead atoms. The molecule has 0 saturated carbocycles. The first-order valence-corrected chi connectivity index (χ1v) is 5.46. The van der Waals surface area contributed by atoms with Crippen LogP contribution in [0, 0.1) is 0 Å². The quantitative estimate of drug-likeness (QED) is 0.362. The Morgan fingerprint density at radius 1 is 0.714 bits per heavy atom. The SMILES string of the molecule is O=C([O-])CN(CCN(CC(=O)[O-])CC(=O)O)CC(=O)[O-].[Al+3]. The number of carbonyl (C=O) groups excluding carboxylic acids is 3.